The van der Waals surface area contributed by atoms with Gasteiger partial charge in [-0.2, -0.15) is 0 Å². The van der Waals surface area contributed by atoms with Crippen LogP contribution in [0.4, 0.5) is 0 Å². The predicted octanol–water partition coefficient (Wildman–Crippen LogP) is 10.8. The number of hydrogen-bond acceptors (Lipinski definition) is 4. The summed E-state index contributed by atoms with van der Waals surface area (Å²) >= 11 is 14.3. The number of thiocarbonyl (C=S) groups is 2. The van der Waals surface area contributed by atoms with Crippen molar-refractivity contribution < 1.29 is 0 Å². The fourth-order valence-corrected chi connectivity index (χ4v) is 6.77. The van der Waals surface area contributed by atoms with Crippen molar-refractivity contribution in [3.05, 3.63) is 0 Å². The lowest BCUT2D eigenvalue weighted by atomic mass is 10.1. The summed E-state index contributed by atoms with van der Waals surface area (Å²) in [6.45, 7) is 6.59. The predicted molar refractivity (Wildman–Crippen MR) is 174 cm³/mol. The molecule has 6 heteroatoms. The van der Waals surface area contributed by atoms with Crippen LogP contribution in [0.3, 0.4) is 0 Å². The minimum Gasteiger partial charge on any atom is -0.371 e. The van der Waals surface area contributed by atoms with E-state index < -0.39 is 0 Å². The molecule has 2 nitrogen and oxygen atoms in total. The van der Waals surface area contributed by atoms with Crippen molar-refractivity contribution in [3.8, 4) is 0 Å². The average Bonchev–Trinajstić information content (AvgIpc) is 2.85. The third-order valence-corrected chi connectivity index (χ3v) is 9.23. The first kappa shape index (κ1) is 35.5. The molecule has 0 rings (SSSR count). The van der Waals surface area contributed by atoms with Gasteiger partial charge in [0.2, 0.25) is 0 Å². The van der Waals surface area contributed by atoms with Gasteiger partial charge in [-0.25, -0.2) is 0 Å². The average molecular weight is 563 g/mol. The quantitative estimate of drug-likeness (QED) is 0.0618. The summed E-state index contributed by atoms with van der Waals surface area (Å²) in [6, 6.07) is 0. The second-order valence-corrected chi connectivity index (χ2v) is 13.6. The van der Waals surface area contributed by atoms with E-state index in [2.05, 4.69) is 24.5 Å². The molecule has 0 spiro atoms. The highest BCUT2D eigenvalue weighted by atomic mass is 32.2. The van der Waals surface area contributed by atoms with Crippen LogP contribution in [0.25, 0.3) is 0 Å². The zero-order valence-electron chi connectivity index (χ0n) is 23.3. The van der Waals surface area contributed by atoms with Crippen LogP contribution in [0.15, 0.2) is 0 Å². The Morgan fingerprint density at radius 2 is 0.686 bits per heavy atom. The summed E-state index contributed by atoms with van der Waals surface area (Å²) in [4.78, 5) is 0. The van der Waals surface area contributed by atoms with Crippen LogP contribution >= 0.6 is 48.0 Å². The van der Waals surface area contributed by atoms with Gasteiger partial charge in [-0.3, -0.25) is 0 Å². The van der Waals surface area contributed by atoms with Crippen LogP contribution in [-0.2, 0) is 0 Å². The van der Waals surface area contributed by atoms with Gasteiger partial charge in [0.05, 0.1) is 5.08 Å². The van der Waals surface area contributed by atoms with Crippen LogP contribution < -0.4 is 10.6 Å². The summed E-state index contributed by atoms with van der Waals surface area (Å²) in [5.41, 5.74) is 0. The lowest BCUT2D eigenvalue weighted by Gasteiger charge is -2.09. The summed E-state index contributed by atoms with van der Waals surface area (Å²) in [5.74, 6) is 0. The standard InChI is InChI=1S/C29H58N2S4/c1-3-5-7-9-11-13-15-17-19-21-23-25-30-28(32)34-27-35-29(33)31-26-24-22-20-18-16-14-12-10-8-6-4-2/h3-27H2,1-2H3,(H,30,32)(H,31,33). The molecule has 2 N–H and O–H groups in total. The van der Waals surface area contributed by atoms with Gasteiger partial charge in [-0.05, 0) is 12.8 Å². The monoisotopic (exact) mass is 562 g/mol. The maximum atomic E-state index is 5.45. The summed E-state index contributed by atoms with van der Waals surface area (Å²) in [6.07, 6.45) is 30.4. The SMILES string of the molecule is CCCCCCCCCCCCCNC(=S)SCSC(=S)NCCCCCCCCCCCCC. The molecular formula is C29H58N2S4. The van der Waals surface area contributed by atoms with Crippen LogP contribution in [0.5, 0.6) is 0 Å². The Balaban J connectivity index is 3.28. The van der Waals surface area contributed by atoms with Crippen molar-refractivity contribution in [2.45, 2.75) is 155 Å². The van der Waals surface area contributed by atoms with Crippen LogP contribution in [0, 0.1) is 0 Å². The highest BCUT2D eigenvalue weighted by molar-refractivity contribution is 8.35. The second-order valence-electron chi connectivity index (χ2n) is 9.91. The first-order chi connectivity index (χ1) is 17.2. The third kappa shape index (κ3) is 30.6. The normalized spacial score (nSPS) is 11.0. The molecule has 0 saturated carbocycles. The Hall–Kier alpha value is 0.480. The van der Waals surface area contributed by atoms with Crippen LogP contribution in [-0.4, -0.2) is 26.8 Å². The first-order valence-electron chi connectivity index (χ1n) is 15.0. The van der Waals surface area contributed by atoms with Gasteiger partial charge in [0.25, 0.3) is 0 Å². The Morgan fingerprint density at radius 3 is 0.971 bits per heavy atom. The molecule has 0 amide bonds. The molecule has 0 saturated heterocycles. The zero-order chi connectivity index (χ0) is 25.7. The molecule has 0 aromatic carbocycles. The number of hydrogen-bond donors (Lipinski definition) is 2. The van der Waals surface area contributed by atoms with Crippen molar-refractivity contribution in [3.63, 3.8) is 0 Å². The molecule has 35 heavy (non-hydrogen) atoms. The zero-order valence-corrected chi connectivity index (χ0v) is 26.6. The summed E-state index contributed by atoms with van der Waals surface area (Å²) in [5, 5.41) is 7.69. The lowest BCUT2D eigenvalue weighted by molar-refractivity contribution is 0.549. The minimum absolute atomic E-state index is 0.897. The van der Waals surface area contributed by atoms with E-state index in [-0.39, 0.29) is 0 Å². The van der Waals surface area contributed by atoms with Crippen molar-refractivity contribution in [1.82, 2.24) is 10.6 Å². The fourth-order valence-electron chi connectivity index (χ4n) is 4.20. The van der Waals surface area contributed by atoms with E-state index >= 15 is 0 Å². The Morgan fingerprint density at radius 1 is 0.429 bits per heavy atom. The molecule has 208 valence electrons. The highest BCUT2D eigenvalue weighted by Crippen LogP contribution is 2.15. The Labute approximate surface area is 239 Å². The molecule has 0 aromatic rings. The molecule has 0 bridgehead atoms. The molecule has 0 aromatic heterocycles. The molecule has 0 aliphatic heterocycles. The summed E-state index contributed by atoms with van der Waals surface area (Å²) in [7, 11) is 0. The van der Waals surface area contributed by atoms with Crippen molar-refractivity contribution in [1.29, 1.82) is 0 Å². The van der Waals surface area contributed by atoms with Crippen molar-refractivity contribution >= 4 is 56.6 Å². The van der Waals surface area contributed by atoms with E-state index in [1.165, 1.54) is 141 Å². The van der Waals surface area contributed by atoms with E-state index in [9.17, 15) is 0 Å². The first-order valence-corrected chi connectivity index (χ1v) is 17.8. The van der Waals surface area contributed by atoms with Crippen LogP contribution in [0.1, 0.15) is 155 Å². The topological polar surface area (TPSA) is 24.1 Å². The van der Waals surface area contributed by atoms with Gasteiger partial charge >= 0.3 is 0 Å². The molecule has 0 heterocycles. The third-order valence-electron chi connectivity index (χ3n) is 6.48. The van der Waals surface area contributed by atoms with E-state index in [4.69, 9.17) is 24.4 Å². The minimum atomic E-state index is 0.897. The smallest absolute Gasteiger partial charge is 0.134 e. The Kier molecular flexibility index (Phi) is 31.1. The van der Waals surface area contributed by atoms with Gasteiger partial charge in [-0.15, -0.1) is 0 Å². The van der Waals surface area contributed by atoms with Crippen molar-refractivity contribution in [2.24, 2.45) is 0 Å². The van der Waals surface area contributed by atoms with Gasteiger partial charge in [-0.1, -0.05) is 190 Å². The van der Waals surface area contributed by atoms with Gasteiger partial charge in [0.1, 0.15) is 8.64 Å². The molecule has 0 atom stereocenters. The van der Waals surface area contributed by atoms with Crippen molar-refractivity contribution in [2.75, 3.05) is 18.2 Å². The molecule has 0 aliphatic carbocycles. The molecule has 0 unspecified atom stereocenters. The maximum absolute atomic E-state index is 5.45. The molecule has 0 radical (unpaired) electrons. The molecule has 0 aliphatic rings. The number of nitrogens with one attached hydrogen (secondary N) is 2. The van der Waals surface area contributed by atoms with E-state index in [0.717, 1.165) is 26.8 Å². The van der Waals surface area contributed by atoms with Crippen LogP contribution in [0.2, 0.25) is 0 Å². The fraction of sp³-hybridized carbons (Fsp3) is 0.931. The number of rotatable bonds is 26. The lowest BCUT2D eigenvalue weighted by Crippen LogP contribution is -2.21. The van der Waals surface area contributed by atoms with Gasteiger partial charge in [0.15, 0.2) is 0 Å². The largest absolute Gasteiger partial charge is 0.371 e. The second kappa shape index (κ2) is 30.7. The Bertz CT molecular complexity index is 420. The summed E-state index contributed by atoms with van der Waals surface area (Å²) < 4.78 is 1.83. The van der Waals surface area contributed by atoms with Gasteiger partial charge < -0.3 is 10.6 Å². The van der Waals surface area contributed by atoms with Gasteiger partial charge in [0, 0.05) is 13.1 Å². The molecular weight excluding hydrogens is 505 g/mol. The van der Waals surface area contributed by atoms with E-state index in [1.54, 1.807) is 23.5 Å². The highest BCUT2D eigenvalue weighted by Gasteiger charge is 2.01. The number of thioether (sulfide) groups is 2. The van der Waals surface area contributed by atoms with E-state index in [1.807, 2.05) is 0 Å². The molecule has 0 fully saturated rings. The van der Waals surface area contributed by atoms with E-state index in [0.29, 0.717) is 0 Å². The maximum Gasteiger partial charge on any atom is 0.134 e. The number of unbranched alkanes of at least 4 members (excludes halogenated alkanes) is 20.